The molecule has 4 aliphatic rings. The first-order chi connectivity index (χ1) is 12.7. The van der Waals surface area contributed by atoms with Crippen LogP contribution in [0.2, 0.25) is 0 Å². The van der Waals surface area contributed by atoms with Crippen molar-refractivity contribution in [1.82, 2.24) is 0 Å². The third-order valence-electron chi connectivity index (χ3n) is 6.87. The van der Waals surface area contributed by atoms with Gasteiger partial charge in [0.25, 0.3) is 0 Å². The minimum Gasteiger partial charge on any atom is -0.300 e. The van der Waals surface area contributed by atoms with Gasteiger partial charge in [0.2, 0.25) is 0 Å². The first-order valence-electron chi connectivity index (χ1n) is 9.43. The normalized spacial score (nSPS) is 36.7. The molecule has 0 fully saturated rings. The predicted molar refractivity (Wildman–Crippen MR) is 105 cm³/mol. The van der Waals surface area contributed by atoms with Crippen molar-refractivity contribution >= 4 is 29.0 Å². The molecule has 0 bridgehead atoms. The maximum Gasteiger partial charge on any atom is 0.178 e. The van der Waals surface area contributed by atoms with Crippen molar-refractivity contribution in [3.05, 3.63) is 58.2 Å². The quantitative estimate of drug-likeness (QED) is 0.527. The zero-order valence-electron chi connectivity index (χ0n) is 15.8. The van der Waals surface area contributed by atoms with Gasteiger partial charge in [0.1, 0.15) is 5.78 Å². The Hall–Kier alpha value is -2.00. The van der Waals surface area contributed by atoms with Gasteiger partial charge in [0.15, 0.2) is 11.6 Å². The summed E-state index contributed by atoms with van der Waals surface area (Å²) in [6, 6.07) is 0. The fraction of sp³-hybridized carbons (Fsp3) is 0.435. The summed E-state index contributed by atoms with van der Waals surface area (Å²) in [6.45, 7) is 5.71. The molecule has 0 saturated carbocycles. The SMILES string of the molecule is CC(=O)CC(=O)C1=CCC2C3C=C(Cl)C4=CC(=O)C=C[C@]4(C)C3=CC[C@]12C. The zero-order valence-corrected chi connectivity index (χ0v) is 16.6. The summed E-state index contributed by atoms with van der Waals surface area (Å²) >= 11 is 6.62. The molecule has 4 heteroatoms. The highest BCUT2D eigenvalue weighted by atomic mass is 35.5. The van der Waals surface area contributed by atoms with E-state index in [1.165, 1.54) is 12.5 Å². The molecule has 0 spiro atoms. The van der Waals surface area contributed by atoms with Crippen molar-refractivity contribution in [1.29, 1.82) is 0 Å². The lowest BCUT2D eigenvalue weighted by molar-refractivity contribution is -0.124. The lowest BCUT2D eigenvalue weighted by atomic mass is 9.54. The number of allylic oxidation sites excluding steroid dienone is 10. The van der Waals surface area contributed by atoms with Gasteiger partial charge in [0.05, 0.1) is 6.42 Å². The van der Waals surface area contributed by atoms with Gasteiger partial charge in [-0.2, -0.15) is 0 Å². The van der Waals surface area contributed by atoms with Crippen LogP contribution in [0.4, 0.5) is 0 Å². The number of fused-ring (bicyclic) bond motifs is 5. The van der Waals surface area contributed by atoms with E-state index in [1.807, 2.05) is 12.2 Å². The summed E-state index contributed by atoms with van der Waals surface area (Å²) in [7, 11) is 0. The van der Waals surface area contributed by atoms with E-state index in [0.29, 0.717) is 5.03 Å². The highest BCUT2D eigenvalue weighted by Crippen LogP contribution is 2.62. The molecule has 27 heavy (non-hydrogen) atoms. The van der Waals surface area contributed by atoms with E-state index >= 15 is 0 Å². The Morgan fingerprint density at radius 1 is 1.26 bits per heavy atom. The Labute approximate surface area is 164 Å². The number of rotatable bonds is 3. The second-order valence-electron chi connectivity index (χ2n) is 8.58. The molecule has 140 valence electrons. The first kappa shape index (κ1) is 18.4. The van der Waals surface area contributed by atoms with Gasteiger partial charge in [-0.05, 0) is 55.9 Å². The monoisotopic (exact) mass is 382 g/mol. The van der Waals surface area contributed by atoms with E-state index < -0.39 is 0 Å². The molecule has 0 N–H and O–H groups in total. The van der Waals surface area contributed by atoms with Gasteiger partial charge in [-0.25, -0.2) is 0 Å². The van der Waals surface area contributed by atoms with Crippen molar-refractivity contribution in [2.45, 2.75) is 40.0 Å². The molecule has 0 aliphatic heterocycles. The highest BCUT2D eigenvalue weighted by Gasteiger charge is 2.53. The summed E-state index contributed by atoms with van der Waals surface area (Å²) < 4.78 is 0. The molecule has 0 amide bonds. The molecule has 0 aromatic rings. The number of ketones is 3. The molecular formula is C23H23ClO3. The molecule has 0 saturated heterocycles. The van der Waals surface area contributed by atoms with Crippen molar-refractivity contribution < 1.29 is 14.4 Å². The van der Waals surface area contributed by atoms with E-state index in [4.69, 9.17) is 11.6 Å². The standard InChI is InChI=1S/C23H23ClO3/c1-13(25)10-21(27)18-5-4-16-15-12-20(24)19-11-14(26)6-8-23(19,3)17(15)7-9-22(16,18)2/h5-8,11-12,15-16H,4,9-10H2,1-3H3/t15?,16?,22-,23+/m0/s1. The van der Waals surface area contributed by atoms with Gasteiger partial charge in [0, 0.05) is 21.8 Å². The average molecular weight is 383 g/mol. The summed E-state index contributed by atoms with van der Waals surface area (Å²) in [4.78, 5) is 36.0. The highest BCUT2D eigenvalue weighted by molar-refractivity contribution is 6.33. The minimum atomic E-state index is -0.377. The molecule has 4 rings (SSSR count). The number of carbonyl (C=O) groups is 3. The van der Waals surface area contributed by atoms with Crippen LogP contribution in [-0.4, -0.2) is 17.3 Å². The van der Waals surface area contributed by atoms with Crippen LogP contribution in [0.5, 0.6) is 0 Å². The van der Waals surface area contributed by atoms with Crippen molar-refractivity contribution in [3.63, 3.8) is 0 Å². The lowest BCUT2D eigenvalue weighted by Crippen LogP contribution is -2.42. The lowest BCUT2D eigenvalue weighted by Gasteiger charge is -2.50. The molecule has 4 atom stereocenters. The van der Waals surface area contributed by atoms with Crippen molar-refractivity contribution in [3.8, 4) is 0 Å². The molecule has 3 nitrogen and oxygen atoms in total. The maximum atomic E-state index is 12.7. The van der Waals surface area contributed by atoms with Crippen molar-refractivity contribution in [2.24, 2.45) is 22.7 Å². The van der Waals surface area contributed by atoms with E-state index in [1.54, 1.807) is 12.2 Å². The first-order valence-corrected chi connectivity index (χ1v) is 9.81. The predicted octanol–water partition coefficient (Wildman–Crippen LogP) is 4.64. The van der Waals surface area contributed by atoms with Gasteiger partial charge in [-0.1, -0.05) is 48.4 Å². The summed E-state index contributed by atoms with van der Waals surface area (Å²) in [5.74, 6) is 0.176. The number of hydrogen-bond donors (Lipinski definition) is 0. The molecule has 4 aliphatic carbocycles. The number of halogens is 1. The van der Waals surface area contributed by atoms with E-state index in [0.717, 1.165) is 24.0 Å². The molecule has 0 heterocycles. The summed E-state index contributed by atoms with van der Waals surface area (Å²) in [6.07, 6.45) is 13.1. The second kappa shape index (κ2) is 6.00. The van der Waals surface area contributed by atoms with Crippen LogP contribution in [0.15, 0.2) is 58.2 Å². The Kier molecular flexibility index (Phi) is 4.08. The molecular weight excluding hydrogens is 360 g/mol. The topological polar surface area (TPSA) is 51.2 Å². The summed E-state index contributed by atoms with van der Waals surface area (Å²) in [5, 5.41) is 0.630. The van der Waals surface area contributed by atoms with Gasteiger partial charge >= 0.3 is 0 Å². The van der Waals surface area contributed by atoms with E-state index in [9.17, 15) is 14.4 Å². The average Bonchev–Trinajstić information content (AvgIpc) is 2.93. The van der Waals surface area contributed by atoms with Gasteiger partial charge in [-0.3, -0.25) is 14.4 Å². The Balaban J connectivity index is 1.76. The smallest absolute Gasteiger partial charge is 0.178 e. The number of Topliss-reactive ketones (excluding diaryl/α,β-unsaturated/α-hetero) is 2. The Morgan fingerprint density at radius 3 is 2.70 bits per heavy atom. The second-order valence-corrected chi connectivity index (χ2v) is 8.99. The van der Waals surface area contributed by atoms with E-state index in [2.05, 4.69) is 26.0 Å². The maximum absolute atomic E-state index is 12.7. The summed E-state index contributed by atoms with van der Waals surface area (Å²) in [5.41, 5.74) is 2.26. The Bertz CT molecular complexity index is 929. The third kappa shape index (κ3) is 2.59. The molecule has 0 radical (unpaired) electrons. The van der Waals surface area contributed by atoms with Gasteiger partial charge < -0.3 is 0 Å². The van der Waals surface area contributed by atoms with Gasteiger partial charge in [-0.15, -0.1) is 0 Å². The van der Waals surface area contributed by atoms with Crippen LogP contribution >= 0.6 is 11.6 Å². The zero-order chi connectivity index (χ0) is 19.6. The number of hydrogen-bond acceptors (Lipinski definition) is 3. The molecule has 0 aromatic carbocycles. The molecule has 0 aromatic heterocycles. The van der Waals surface area contributed by atoms with Crippen LogP contribution in [0.25, 0.3) is 0 Å². The van der Waals surface area contributed by atoms with Crippen LogP contribution in [-0.2, 0) is 14.4 Å². The van der Waals surface area contributed by atoms with Crippen molar-refractivity contribution in [2.75, 3.05) is 0 Å². The van der Waals surface area contributed by atoms with Crippen LogP contribution in [0, 0.1) is 22.7 Å². The third-order valence-corrected chi connectivity index (χ3v) is 7.20. The van der Waals surface area contributed by atoms with Crippen LogP contribution < -0.4 is 0 Å². The Morgan fingerprint density at radius 2 is 2.00 bits per heavy atom. The minimum absolute atomic E-state index is 0.0264. The van der Waals surface area contributed by atoms with E-state index in [-0.39, 0.29) is 46.4 Å². The molecule has 2 unspecified atom stereocenters. The fourth-order valence-electron chi connectivity index (χ4n) is 5.43. The van der Waals surface area contributed by atoms with Crippen LogP contribution in [0.1, 0.15) is 40.0 Å². The fourth-order valence-corrected chi connectivity index (χ4v) is 5.82. The largest absolute Gasteiger partial charge is 0.300 e. The number of carbonyl (C=O) groups excluding carboxylic acids is 3. The van der Waals surface area contributed by atoms with Crippen LogP contribution in [0.3, 0.4) is 0 Å².